The fourth-order valence-electron chi connectivity index (χ4n) is 3.59. The Hall–Kier alpha value is -3.71. The lowest BCUT2D eigenvalue weighted by molar-refractivity contribution is 0.0943. The summed E-state index contributed by atoms with van der Waals surface area (Å²) >= 11 is 5.20. The summed E-state index contributed by atoms with van der Waals surface area (Å²) in [6.45, 7) is 2.53. The lowest BCUT2D eigenvalue weighted by atomic mass is 9.98. The number of benzene rings is 3. The number of hydrogen-bond donors (Lipinski definition) is 2. The SMILES string of the molecule is CCOc1ccc(C(NC(=O)c2ccc3c(=O)n(C)c(=S)[nH]c3c2)c2ccccc2)cc1. The fraction of sp³-hybridized carbons (Fsp3) is 0.160. The van der Waals surface area contributed by atoms with Gasteiger partial charge in [0.1, 0.15) is 5.75 Å². The van der Waals surface area contributed by atoms with Gasteiger partial charge in [0, 0.05) is 12.6 Å². The Bertz CT molecular complexity index is 1380. The molecule has 3 aromatic carbocycles. The monoisotopic (exact) mass is 445 g/mol. The molecule has 2 N–H and O–H groups in total. The first-order chi connectivity index (χ1) is 15.5. The molecule has 162 valence electrons. The number of aromatic amines is 1. The molecule has 4 rings (SSSR count). The van der Waals surface area contributed by atoms with Crippen molar-refractivity contribution < 1.29 is 9.53 Å². The second kappa shape index (κ2) is 9.20. The van der Waals surface area contributed by atoms with Gasteiger partial charge in [0.05, 0.1) is 23.6 Å². The molecule has 1 aromatic heterocycles. The number of nitrogens with zero attached hydrogens (tertiary/aromatic N) is 1. The number of rotatable bonds is 6. The summed E-state index contributed by atoms with van der Waals surface area (Å²) in [5.41, 5.74) is 2.65. The topological polar surface area (TPSA) is 76.1 Å². The Balaban J connectivity index is 1.69. The van der Waals surface area contributed by atoms with Gasteiger partial charge >= 0.3 is 0 Å². The lowest BCUT2D eigenvalue weighted by Crippen LogP contribution is -2.29. The van der Waals surface area contributed by atoms with Gasteiger partial charge in [-0.3, -0.25) is 14.2 Å². The molecule has 0 aliphatic heterocycles. The van der Waals surface area contributed by atoms with Gasteiger partial charge in [-0.1, -0.05) is 42.5 Å². The normalized spacial score (nSPS) is 11.8. The maximum Gasteiger partial charge on any atom is 0.261 e. The highest BCUT2D eigenvalue weighted by molar-refractivity contribution is 7.71. The summed E-state index contributed by atoms with van der Waals surface area (Å²) < 4.78 is 7.21. The molecule has 1 heterocycles. The highest BCUT2D eigenvalue weighted by atomic mass is 32.1. The summed E-state index contributed by atoms with van der Waals surface area (Å²) in [6.07, 6.45) is 0. The van der Waals surface area contributed by atoms with Crippen molar-refractivity contribution in [2.24, 2.45) is 7.05 Å². The fourth-order valence-corrected chi connectivity index (χ4v) is 3.78. The Labute approximate surface area is 190 Å². The maximum absolute atomic E-state index is 13.2. The molecule has 0 spiro atoms. The molecule has 0 aliphatic rings. The first kappa shape index (κ1) is 21.5. The number of carbonyl (C=O) groups excluding carboxylic acids is 1. The number of fused-ring (bicyclic) bond motifs is 1. The Morgan fingerprint density at radius 1 is 1.06 bits per heavy atom. The lowest BCUT2D eigenvalue weighted by Gasteiger charge is -2.20. The van der Waals surface area contributed by atoms with Crippen molar-refractivity contribution in [3.05, 3.63) is 105 Å². The van der Waals surface area contributed by atoms with Gasteiger partial charge in [0.15, 0.2) is 4.77 Å². The molecule has 0 radical (unpaired) electrons. The van der Waals surface area contributed by atoms with Crippen LogP contribution in [0.3, 0.4) is 0 Å². The Kier molecular flexibility index (Phi) is 6.18. The van der Waals surface area contributed by atoms with E-state index in [-0.39, 0.29) is 17.5 Å². The van der Waals surface area contributed by atoms with Crippen LogP contribution in [0.4, 0.5) is 0 Å². The van der Waals surface area contributed by atoms with E-state index in [1.165, 1.54) is 4.57 Å². The van der Waals surface area contributed by atoms with Crippen LogP contribution >= 0.6 is 12.2 Å². The van der Waals surface area contributed by atoms with Crippen molar-refractivity contribution in [1.82, 2.24) is 14.9 Å². The highest BCUT2D eigenvalue weighted by Crippen LogP contribution is 2.25. The molecular formula is C25H23N3O3S. The van der Waals surface area contributed by atoms with Gasteiger partial charge in [-0.2, -0.15) is 0 Å². The van der Waals surface area contributed by atoms with E-state index in [4.69, 9.17) is 17.0 Å². The predicted molar refractivity (Wildman–Crippen MR) is 128 cm³/mol. The van der Waals surface area contributed by atoms with Crippen molar-refractivity contribution in [2.75, 3.05) is 6.61 Å². The van der Waals surface area contributed by atoms with E-state index < -0.39 is 0 Å². The van der Waals surface area contributed by atoms with Crippen LogP contribution in [0.25, 0.3) is 10.9 Å². The van der Waals surface area contributed by atoms with Gasteiger partial charge in [-0.15, -0.1) is 0 Å². The zero-order valence-corrected chi connectivity index (χ0v) is 18.6. The number of amides is 1. The van der Waals surface area contributed by atoms with Crippen molar-refractivity contribution in [2.45, 2.75) is 13.0 Å². The van der Waals surface area contributed by atoms with E-state index in [0.29, 0.717) is 27.8 Å². The van der Waals surface area contributed by atoms with Crippen LogP contribution in [0.5, 0.6) is 5.75 Å². The van der Waals surface area contributed by atoms with Crippen molar-refractivity contribution in [1.29, 1.82) is 0 Å². The summed E-state index contributed by atoms with van der Waals surface area (Å²) in [6, 6.07) is 22.1. The molecule has 7 heteroatoms. The zero-order valence-electron chi connectivity index (χ0n) is 17.8. The third kappa shape index (κ3) is 4.33. The van der Waals surface area contributed by atoms with Gasteiger partial charge < -0.3 is 15.0 Å². The molecule has 4 aromatic rings. The van der Waals surface area contributed by atoms with Gasteiger partial charge in [0.25, 0.3) is 11.5 Å². The summed E-state index contributed by atoms with van der Waals surface area (Å²) in [4.78, 5) is 28.6. The standard InChI is InChI=1S/C25H23N3O3S/c1-3-31-19-12-9-17(10-13-19)22(16-7-5-4-6-8-16)27-23(29)18-11-14-20-21(15-18)26-25(32)28(2)24(20)30/h4-15,22H,3H2,1-2H3,(H,26,32)(H,27,29). The molecule has 0 bridgehead atoms. The van der Waals surface area contributed by atoms with E-state index in [2.05, 4.69) is 10.3 Å². The van der Waals surface area contributed by atoms with Crippen LogP contribution in [-0.2, 0) is 7.05 Å². The smallest absolute Gasteiger partial charge is 0.261 e. The van der Waals surface area contributed by atoms with Gasteiger partial charge in [-0.25, -0.2) is 0 Å². The second-order valence-corrected chi connectivity index (χ2v) is 7.76. The van der Waals surface area contributed by atoms with Crippen LogP contribution in [0.15, 0.2) is 77.6 Å². The average molecular weight is 446 g/mol. The van der Waals surface area contributed by atoms with Crippen LogP contribution in [-0.4, -0.2) is 22.1 Å². The summed E-state index contributed by atoms with van der Waals surface area (Å²) in [5.74, 6) is 0.524. The van der Waals surface area contributed by atoms with Crippen LogP contribution in [0.2, 0.25) is 0 Å². The van der Waals surface area contributed by atoms with Gasteiger partial charge in [0.2, 0.25) is 0 Å². The number of ether oxygens (including phenoxy) is 1. The minimum Gasteiger partial charge on any atom is -0.494 e. The molecular weight excluding hydrogens is 422 g/mol. The minimum absolute atomic E-state index is 0.202. The average Bonchev–Trinajstić information content (AvgIpc) is 2.82. The van der Waals surface area contributed by atoms with E-state index in [9.17, 15) is 9.59 Å². The number of hydrogen-bond acceptors (Lipinski definition) is 4. The second-order valence-electron chi connectivity index (χ2n) is 7.37. The highest BCUT2D eigenvalue weighted by Gasteiger charge is 2.18. The maximum atomic E-state index is 13.2. The predicted octanol–water partition coefficient (Wildman–Crippen LogP) is 4.51. The van der Waals surface area contributed by atoms with Crippen molar-refractivity contribution in [3.63, 3.8) is 0 Å². The molecule has 1 unspecified atom stereocenters. The molecule has 32 heavy (non-hydrogen) atoms. The summed E-state index contributed by atoms with van der Waals surface area (Å²) in [5, 5.41) is 3.60. The van der Waals surface area contributed by atoms with E-state index in [0.717, 1.165) is 16.9 Å². The van der Waals surface area contributed by atoms with E-state index in [1.807, 2.05) is 61.5 Å². The van der Waals surface area contributed by atoms with Crippen molar-refractivity contribution in [3.8, 4) is 5.75 Å². The van der Waals surface area contributed by atoms with Crippen LogP contribution < -0.4 is 15.6 Å². The van der Waals surface area contributed by atoms with E-state index in [1.54, 1.807) is 25.2 Å². The number of carbonyl (C=O) groups is 1. The number of H-pyrrole nitrogens is 1. The minimum atomic E-state index is -0.350. The molecule has 0 saturated heterocycles. The van der Waals surface area contributed by atoms with Crippen LogP contribution in [0.1, 0.15) is 34.5 Å². The quantitative estimate of drug-likeness (QED) is 0.428. The zero-order chi connectivity index (χ0) is 22.7. The Morgan fingerprint density at radius 3 is 2.44 bits per heavy atom. The number of aromatic nitrogens is 2. The first-order valence-corrected chi connectivity index (χ1v) is 10.7. The molecule has 0 fully saturated rings. The first-order valence-electron chi connectivity index (χ1n) is 10.3. The molecule has 0 saturated carbocycles. The number of nitrogens with one attached hydrogen (secondary N) is 2. The van der Waals surface area contributed by atoms with Gasteiger partial charge in [-0.05, 0) is 60.6 Å². The Morgan fingerprint density at radius 2 is 1.75 bits per heavy atom. The molecule has 6 nitrogen and oxygen atoms in total. The molecule has 1 amide bonds. The van der Waals surface area contributed by atoms with E-state index >= 15 is 0 Å². The third-order valence-corrected chi connectivity index (χ3v) is 5.67. The molecule has 1 atom stereocenters. The van der Waals surface area contributed by atoms with Crippen LogP contribution in [0, 0.1) is 4.77 Å². The summed E-state index contributed by atoms with van der Waals surface area (Å²) in [7, 11) is 1.61. The van der Waals surface area contributed by atoms with Crippen molar-refractivity contribution >= 4 is 29.0 Å². The molecule has 0 aliphatic carbocycles. The third-order valence-electron chi connectivity index (χ3n) is 5.30. The largest absolute Gasteiger partial charge is 0.494 e.